The molecule has 100 valence electrons. The van der Waals surface area contributed by atoms with E-state index in [9.17, 15) is 4.39 Å². The minimum atomic E-state index is -0.253. The fourth-order valence-electron chi connectivity index (χ4n) is 3.08. The molecule has 1 aromatic rings. The van der Waals surface area contributed by atoms with Crippen molar-refractivity contribution >= 4 is 0 Å². The molecule has 2 N–H and O–H groups in total. The minimum Gasteiger partial charge on any atom is -0.373 e. The van der Waals surface area contributed by atoms with E-state index in [0.29, 0.717) is 6.61 Å². The molecule has 1 aromatic carbocycles. The summed E-state index contributed by atoms with van der Waals surface area (Å²) >= 11 is 0. The zero-order valence-electron chi connectivity index (χ0n) is 11.2. The molecule has 1 saturated carbocycles. The van der Waals surface area contributed by atoms with E-state index in [1.807, 2.05) is 13.8 Å². The number of ether oxygens (including phenoxy) is 1. The predicted molar refractivity (Wildman–Crippen MR) is 70.9 cm³/mol. The van der Waals surface area contributed by atoms with Crippen molar-refractivity contribution in [1.29, 1.82) is 0 Å². The van der Waals surface area contributed by atoms with Gasteiger partial charge in [-0.2, -0.15) is 0 Å². The average molecular weight is 251 g/mol. The number of nitrogens with two attached hydrogens (primary N) is 1. The fourth-order valence-corrected chi connectivity index (χ4v) is 3.08. The van der Waals surface area contributed by atoms with E-state index in [-0.39, 0.29) is 17.5 Å². The monoisotopic (exact) mass is 251 g/mol. The van der Waals surface area contributed by atoms with Crippen LogP contribution in [0.2, 0.25) is 0 Å². The van der Waals surface area contributed by atoms with Gasteiger partial charge in [-0.25, -0.2) is 4.39 Å². The van der Waals surface area contributed by atoms with Crippen molar-refractivity contribution in [2.45, 2.75) is 51.2 Å². The van der Waals surface area contributed by atoms with Crippen LogP contribution >= 0.6 is 0 Å². The van der Waals surface area contributed by atoms with Crippen LogP contribution in [-0.2, 0) is 4.74 Å². The third-order valence-electron chi connectivity index (χ3n) is 4.02. The number of hydrogen-bond donors (Lipinski definition) is 1. The maximum absolute atomic E-state index is 13.2. The van der Waals surface area contributed by atoms with E-state index < -0.39 is 0 Å². The first-order chi connectivity index (χ1) is 8.59. The van der Waals surface area contributed by atoms with Gasteiger partial charge in [-0.1, -0.05) is 18.9 Å². The van der Waals surface area contributed by atoms with Gasteiger partial charge in [0.05, 0.1) is 11.6 Å². The summed E-state index contributed by atoms with van der Waals surface area (Å²) in [5.74, 6) is -0.208. The van der Waals surface area contributed by atoms with E-state index in [1.54, 1.807) is 12.1 Å². The Morgan fingerprint density at radius 1 is 1.39 bits per heavy atom. The second kappa shape index (κ2) is 5.37. The lowest BCUT2D eigenvalue weighted by Crippen LogP contribution is -2.41. The summed E-state index contributed by atoms with van der Waals surface area (Å²) in [4.78, 5) is 0. The molecule has 1 aliphatic rings. The fraction of sp³-hybridized carbons (Fsp3) is 0.600. The quantitative estimate of drug-likeness (QED) is 0.889. The molecule has 1 aliphatic carbocycles. The average Bonchev–Trinajstić information content (AvgIpc) is 2.78. The van der Waals surface area contributed by atoms with Gasteiger partial charge in [0.1, 0.15) is 5.82 Å². The highest BCUT2D eigenvalue weighted by Gasteiger charge is 2.41. The van der Waals surface area contributed by atoms with Crippen LogP contribution in [0.4, 0.5) is 4.39 Å². The van der Waals surface area contributed by atoms with Crippen molar-refractivity contribution in [3.63, 3.8) is 0 Å². The number of aryl methyl sites for hydroxylation is 1. The van der Waals surface area contributed by atoms with Crippen molar-refractivity contribution < 1.29 is 9.13 Å². The van der Waals surface area contributed by atoms with E-state index in [0.717, 1.165) is 36.8 Å². The zero-order valence-corrected chi connectivity index (χ0v) is 11.2. The SMILES string of the molecule is CCOC1(C(N)c2ccc(F)cc2C)CCCC1. The van der Waals surface area contributed by atoms with Gasteiger partial charge in [0.15, 0.2) is 0 Å². The lowest BCUT2D eigenvalue weighted by atomic mass is 9.85. The molecule has 0 aromatic heterocycles. The highest BCUT2D eigenvalue weighted by Crippen LogP contribution is 2.42. The van der Waals surface area contributed by atoms with E-state index in [4.69, 9.17) is 10.5 Å². The number of rotatable bonds is 4. The smallest absolute Gasteiger partial charge is 0.123 e. The Morgan fingerprint density at radius 3 is 2.61 bits per heavy atom. The van der Waals surface area contributed by atoms with Gasteiger partial charge in [0, 0.05) is 6.61 Å². The Hall–Kier alpha value is -0.930. The topological polar surface area (TPSA) is 35.2 Å². The summed E-state index contributed by atoms with van der Waals surface area (Å²) in [7, 11) is 0. The predicted octanol–water partition coefficient (Wildman–Crippen LogP) is 3.48. The Bertz CT molecular complexity index is 413. The molecule has 1 atom stereocenters. The molecular formula is C15H22FNO. The molecule has 3 heteroatoms. The molecule has 0 aliphatic heterocycles. The van der Waals surface area contributed by atoms with Gasteiger partial charge in [-0.15, -0.1) is 0 Å². The Labute approximate surface area is 108 Å². The molecule has 0 bridgehead atoms. The van der Waals surface area contributed by atoms with Crippen LogP contribution in [0, 0.1) is 12.7 Å². The number of benzene rings is 1. The molecule has 18 heavy (non-hydrogen) atoms. The zero-order chi connectivity index (χ0) is 13.2. The number of halogens is 1. The normalized spacial score (nSPS) is 20.0. The first-order valence-electron chi connectivity index (χ1n) is 6.74. The summed E-state index contributed by atoms with van der Waals surface area (Å²) in [6.45, 7) is 4.59. The van der Waals surface area contributed by atoms with Gasteiger partial charge >= 0.3 is 0 Å². The highest BCUT2D eigenvalue weighted by atomic mass is 19.1. The van der Waals surface area contributed by atoms with Crippen molar-refractivity contribution in [2.75, 3.05) is 6.61 Å². The molecule has 2 rings (SSSR count). The molecule has 0 saturated heterocycles. The minimum absolute atomic E-state index is 0.166. The second-order valence-electron chi connectivity index (χ2n) is 5.18. The summed E-state index contributed by atoms with van der Waals surface area (Å²) in [5.41, 5.74) is 8.09. The summed E-state index contributed by atoms with van der Waals surface area (Å²) in [6.07, 6.45) is 4.32. The molecule has 0 radical (unpaired) electrons. The van der Waals surface area contributed by atoms with Gasteiger partial charge in [0.25, 0.3) is 0 Å². The van der Waals surface area contributed by atoms with Gasteiger partial charge in [0.2, 0.25) is 0 Å². The third kappa shape index (κ3) is 2.43. The summed E-state index contributed by atoms with van der Waals surface area (Å²) in [6, 6.07) is 4.66. The second-order valence-corrected chi connectivity index (χ2v) is 5.18. The Morgan fingerprint density at radius 2 is 2.06 bits per heavy atom. The summed E-state index contributed by atoms with van der Waals surface area (Å²) in [5, 5.41) is 0. The summed E-state index contributed by atoms with van der Waals surface area (Å²) < 4.78 is 19.1. The van der Waals surface area contributed by atoms with Crippen LogP contribution in [0.25, 0.3) is 0 Å². The van der Waals surface area contributed by atoms with E-state index >= 15 is 0 Å². The van der Waals surface area contributed by atoms with Crippen molar-refractivity contribution in [3.8, 4) is 0 Å². The largest absolute Gasteiger partial charge is 0.373 e. The Kier molecular flexibility index (Phi) is 4.03. The van der Waals surface area contributed by atoms with Crippen molar-refractivity contribution in [1.82, 2.24) is 0 Å². The van der Waals surface area contributed by atoms with Gasteiger partial charge in [-0.05, 0) is 49.9 Å². The third-order valence-corrected chi connectivity index (χ3v) is 4.02. The van der Waals surface area contributed by atoms with Gasteiger partial charge < -0.3 is 10.5 Å². The molecule has 2 nitrogen and oxygen atoms in total. The van der Waals surface area contributed by atoms with Crippen molar-refractivity contribution in [2.24, 2.45) is 5.73 Å². The first-order valence-corrected chi connectivity index (χ1v) is 6.74. The molecule has 0 heterocycles. The van der Waals surface area contributed by atoms with E-state index in [2.05, 4.69) is 0 Å². The Balaban J connectivity index is 2.30. The van der Waals surface area contributed by atoms with Crippen LogP contribution in [0.15, 0.2) is 18.2 Å². The lowest BCUT2D eigenvalue weighted by molar-refractivity contribution is -0.0537. The van der Waals surface area contributed by atoms with Crippen LogP contribution in [0.5, 0.6) is 0 Å². The van der Waals surface area contributed by atoms with Gasteiger partial charge in [-0.3, -0.25) is 0 Å². The van der Waals surface area contributed by atoms with Crippen LogP contribution in [-0.4, -0.2) is 12.2 Å². The van der Waals surface area contributed by atoms with Crippen molar-refractivity contribution in [3.05, 3.63) is 35.1 Å². The van der Waals surface area contributed by atoms with Crippen LogP contribution < -0.4 is 5.73 Å². The number of hydrogen-bond acceptors (Lipinski definition) is 2. The molecule has 0 amide bonds. The molecule has 1 unspecified atom stereocenters. The first kappa shape index (κ1) is 13.5. The molecular weight excluding hydrogens is 229 g/mol. The maximum Gasteiger partial charge on any atom is 0.123 e. The highest BCUT2D eigenvalue weighted by molar-refractivity contribution is 5.31. The van der Waals surface area contributed by atoms with Crippen LogP contribution in [0.3, 0.4) is 0 Å². The molecule has 1 fully saturated rings. The molecule has 0 spiro atoms. The van der Waals surface area contributed by atoms with E-state index in [1.165, 1.54) is 6.07 Å². The maximum atomic E-state index is 13.2. The standard InChI is InChI=1S/C15H22FNO/c1-3-18-15(8-4-5-9-15)14(17)13-7-6-12(16)10-11(13)2/h6-7,10,14H,3-5,8-9,17H2,1-2H3. The van der Waals surface area contributed by atoms with Crippen LogP contribution in [0.1, 0.15) is 49.8 Å². The lowest BCUT2D eigenvalue weighted by Gasteiger charge is -2.36.